The van der Waals surface area contributed by atoms with Gasteiger partial charge in [-0.3, -0.25) is 4.79 Å². The molecule has 0 bridgehead atoms. The summed E-state index contributed by atoms with van der Waals surface area (Å²) >= 11 is 0. The highest BCUT2D eigenvalue weighted by Gasteiger charge is 2.13. The number of hydrogen-bond acceptors (Lipinski definition) is 4. The van der Waals surface area contributed by atoms with Gasteiger partial charge in [0.25, 0.3) is 5.91 Å². The number of esters is 1. The maximum absolute atomic E-state index is 12.1. The fraction of sp³-hybridized carbons (Fsp3) is 0.188. The molecule has 0 fully saturated rings. The first-order chi connectivity index (χ1) is 10.1. The molecule has 1 amide bonds. The second-order valence-electron chi connectivity index (χ2n) is 4.45. The molecule has 2 aromatic rings. The Kier molecular flexibility index (Phi) is 4.66. The lowest BCUT2D eigenvalue weighted by atomic mass is 10.2. The molecule has 0 aliphatic heterocycles. The summed E-state index contributed by atoms with van der Waals surface area (Å²) in [6.07, 6.45) is 0. The third-order valence-electron chi connectivity index (χ3n) is 2.78. The van der Waals surface area contributed by atoms with Gasteiger partial charge >= 0.3 is 5.97 Å². The fourth-order valence-electron chi connectivity index (χ4n) is 1.71. The number of carbonyl (C=O) groups excluding carboxylic acids is 2. The highest BCUT2D eigenvalue weighted by molar-refractivity contribution is 6.03. The van der Waals surface area contributed by atoms with Crippen LogP contribution in [0.1, 0.15) is 33.5 Å². The minimum Gasteiger partial charge on any atom is -0.461 e. The zero-order chi connectivity index (χ0) is 15.2. The van der Waals surface area contributed by atoms with E-state index in [1.807, 2.05) is 31.2 Å². The molecule has 0 atom stereocenters. The van der Waals surface area contributed by atoms with E-state index >= 15 is 0 Å². The van der Waals surface area contributed by atoms with Crippen molar-refractivity contribution < 1.29 is 14.3 Å². The Morgan fingerprint density at radius 2 is 1.76 bits per heavy atom. The molecule has 1 aromatic carbocycles. The van der Waals surface area contributed by atoms with Crippen molar-refractivity contribution in [2.75, 3.05) is 11.9 Å². The molecule has 0 saturated carbocycles. The normalized spacial score (nSPS) is 10.0. The van der Waals surface area contributed by atoms with Crippen LogP contribution in [-0.4, -0.2) is 23.5 Å². The van der Waals surface area contributed by atoms with Gasteiger partial charge in [0.2, 0.25) is 0 Å². The number of benzene rings is 1. The number of carbonyl (C=O) groups is 2. The minimum atomic E-state index is -0.539. The lowest BCUT2D eigenvalue weighted by Gasteiger charge is -2.06. The second-order valence-corrected chi connectivity index (χ2v) is 4.45. The number of rotatable bonds is 4. The third kappa shape index (κ3) is 3.89. The van der Waals surface area contributed by atoms with Crippen molar-refractivity contribution in [1.29, 1.82) is 0 Å². The standard InChI is InChI=1S/C16H16N2O3/c1-3-21-16(20)14-6-4-5-13(18-14)15(19)17-12-9-7-11(2)8-10-12/h4-10H,3H2,1-2H3,(H,17,19). The van der Waals surface area contributed by atoms with Crippen LogP contribution in [0.25, 0.3) is 0 Å². The Labute approximate surface area is 123 Å². The average molecular weight is 284 g/mol. The van der Waals surface area contributed by atoms with Gasteiger partial charge in [-0.05, 0) is 38.1 Å². The molecular formula is C16H16N2O3. The van der Waals surface area contributed by atoms with E-state index in [-0.39, 0.29) is 23.9 Å². The van der Waals surface area contributed by atoms with Crippen LogP contribution in [0.2, 0.25) is 0 Å². The SMILES string of the molecule is CCOC(=O)c1cccc(C(=O)Nc2ccc(C)cc2)n1. The van der Waals surface area contributed by atoms with Gasteiger partial charge in [0.15, 0.2) is 0 Å². The molecule has 5 nitrogen and oxygen atoms in total. The van der Waals surface area contributed by atoms with E-state index in [4.69, 9.17) is 4.74 Å². The number of aryl methyl sites for hydroxylation is 1. The maximum Gasteiger partial charge on any atom is 0.356 e. The topological polar surface area (TPSA) is 68.3 Å². The summed E-state index contributed by atoms with van der Waals surface area (Å²) in [5.41, 5.74) is 2.07. The monoisotopic (exact) mass is 284 g/mol. The second kappa shape index (κ2) is 6.65. The summed E-state index contributed by atoms with van der Waals surface area (Å²) in [6, 6.07) is 12.1. The van der Waals surface area contributed by atoms with E-state index in [9.17, 15) is 9.59 Å². The molecule has 2 rings (SSSR count). The molecular weight excluding hydrogens is 268 g/mol. The Morgan fingerprint density at radius 1 is 1.10 bits per heavy atom. The first-order valence-electron chi connectivity index (χ1n) is 6.62. The Hall–Kier alpha value is -2.69. The summed E-state index contributed by atoms with van der Waals surface area (Å²) in [7, 11) is 0. The van der Waals surface area contributed by atoms with Crippen molar-refractivity contribution >= 4 is 17.6 Å². The molecule has 0 aliphatic rings. The van der Waals surface area contributed by atoms with Crippen molar-refractivity contribution in [3.8, 4) is 0 Å². The van der Waals surface area contributed by atoms with Gasteiger partial charge in [0, 0.05) is 5.69 Å². The van der Waals surface area contributed by atoms with Crippen LogP contribution in [-0.2, 0) is 4.74 Å². The number of nitrogens with one attached hydrogen (secondary N) is 1. The number of amides is 1. The van der Waals surface area contributed by atoms with Gasteiger partial charge in [0.1, 0.15) is 11.4 Å². The molecule has 0 aliphatic carbocycles. The van der Waals surface area contributed by atoms with E-state index in [1.165, 1.54) is 6.07 Å². The zero-order valence-electron chi connectivity index (χ0n) is 11.9. The zero-order valence-corrected chi connectivity index (χ0v) is 11.9. The fourth-order valence-corrected chi connectivity index (χ4v) is 1.71. The van der Waals surface area contributed by atoms with E-state index in [0.29, 0.717) is 5.69 Å². The highest BCUT2D eigenvalue weighted by atomic mass is 16.5. The Morgan fingerprint density at radius 3 is 2.43 bits per heavy atom. The van der Waals surface area contributed by atoms with Gasteiger partial charge < -0.3 is 10.1 Å². The van der Waals surface area contributed by atoms with Crippen LogP contribution in [0.15, 0.2) is 42.5 Å². The summed E-state index contributed by atoms with van der Waals surface area (Å²) in [5, 5.41) is 2.73. The largest absolute Gasteiger partial charge is 0.461 e. The number of pyridine rings is 1. The van der Waals surface area contributed by atoms with Crippen molar-refractivity contribution in [2.45, 2.75) is 13.8 Å². The summed E-state index contributed by atoms with van der Waals surface area (Å²) in [6.45, 7) is 3.95. The minimum absolute atomic E-state index is 0.119. The molecule has 21 heavy (non-hydrogen) atoms. The van der Waals surface area contributed by atoms with Gasteiger partial charge in [0.05, 0.1) is 6.61 Å². The molecule has 1 heterocycles. The molecule has 0 radical (unpaired) electrons. The lowest BCUT2D eigenvalue weighted by molar-refractivity contribution is 0.0519. The molecule has 5 heteroatoms. The Balaban J connectivity index is 2.14. The number of anilines is 1. The van der Waals surface area contributed by atoms with Crippen LogP contribution in [0.3, 0.4) is 0 Å². The van der Waals surface area contributed by atoms with Crippen molar-refractivity contribution in [2.24, 2.45) is 0 Å². The highest BCUT2D eigenvalue weighted by Crippen LogP contribution is 2.10. The van der Waals surface area contributed by atoms with E-state index < -0.39 is 5.97 Å². The predicted molar refractivity (Wildman–Crippen MR) is 79.3 cm³/mol. The van der Waals surface area contributed by atoms with E-state index in [2.05, 4.69) is 10.3 Å². The molecule has 0 saturated heterocycles. The van der Waals surface area contributed by atoms with Crippen LogP contribution in [0.5, 0.6) is 0 Å². The van der Waals surface area contributed by atoms with Crippen LogP contribution in [0, 0.1) is 6.92 Å². The van der Waals surface area contributed by atoms with Gasteiger partial charge in [-0.25, -0.2) is 9.78 Å². The number of ether oxygens (including phenoxy) is 1. The molecule has 0 unspecified atom stereocenters. The number of aromatic nitrogens is 1. The first-order valence-corrected chi connectivity index (χ1v) is 6.62. The molecule has 1 aromatic heterocycles. The average Bonchev–Trinajstić information content (AvgIpc) is 2.50. The Bertz CT molecular complexity index is 651. The molecule has 108 valence electrons. The smallest absolute Gasteiger partial charge is 0.356 e. The number of hydrogen-bond donors (Lipinski definition) is 1. The van der Waals surface area contributed by atoms with Crippen molar-refractivity contribution in [1.82, 2.24) is 4.98 Å². The summed E-state index contributed by atoms with van der Waals surface area (Å²) < 4.78 is 4.86. The van der Waals surface area contributed by atoms with Crippen LogP contribution in [0.4, 0.5) is 5.69 Å². The molecule has 1 N–H and O–H groups in total. The molecule has 0 spiro atoms. The quantitative estimate of drug-likeness (QED) is 0.877. The van der Waals surface area contributed by atoms with Crippen molar-refractivity contribution in [3.05, 3.63) is 59.4 Å². The number of nitrogens with zero attached hydrogens (tertiary/aromatic N) is 1. The van der Waals surface area contributed by atoms with Crippen LogP contribution < -0.4 is 5.32 Å². The maximum atomic E-state index is 12.1. The third-order valence-corrected chi connectivity index (χ3v) is 2.78. The van der Waals surface area contributed by atoms with Gasteiger partial charge in [-0.2, -0.15) is 0 Å². The summed E-state index contributed by atoms with van der Waals surface area (Å²) in [5.74, 6) is -0.910. The first kappa shape index (κ1) is 14.7. The van der Waals surface area contributed by atoms with E-state index in [0.717, 1.165) is 5.56 Å². The van der Waals surface area contributed by atoms with Crippen LogP contribution >= 0.6 is 0 Å². The summed E-state index contributed by atoms with van der Waals surface area (Å²) in [4.78, 5) is 27.7. The van der Waals surface area contributed by atoms with Gasteiger partial charge in [-0.15, -0.1) is 0 Å². The van der Waals surface area contributed by atoms with Crippen molar-refractivity contribution in [3.63, 3.8) is 0 Å². The van der Waals surface area contributed by atoms with E-state index in [1.54, 1.807) is 19.1 Å². The lowest BCUT2D eigenvalue weighted by Crippen LogP contribution is -2.16. The van der Waals surface area contributed by atoms with Gasteiger partial charge in [-0.1, -0.05) is 23.8 Å². The predicted octanol–water partition coefficient (Wildman–Crippen LogP) is 2.82.